The molecule has 10 nitrogen and oxygen atoms in total. The van der Waals surface area contributed by atoms with Crippen molar-refractivity contribution >= 4 is 97.1 Å². The molecule has 51 heavy (non-hydrogen) atoms. The van der Waals surface area contributed by atoms with E-state index in [1.54, 1.807) is 12.1 Å². The van der Waals surface area contributed by atoms with Crippen molar-refractivity contribution in [2.45, 2.75) is 53.4 Å². The number of carbonyl (C=O) groups is 4. The third-order valence-corrected chi connectivity index (χ3v) is 9.53. The van der Waals surface area contributed by atoms with Gasteiger partial charge < -0.3 is 19.4 Å². The summed E-state index contributed by atoms with van der Waals surface area (Å²) in [6.45, 7) is 7.54. The Morgan fingerprint density at radius 3 is 1.84 bits per heavy atom. The van der Waals surface area contributed by atoms with Gasteiger partial charge in [0.2, 0.25) is 0 Å². The van der Waals surface area contributed by atoms with Gasteiger partial charge in [-0.15, -0.1) is 22.1 Å². The molecule has 3 aromatic heterocycles. The summed E-state index contributed by atoms with van der Waals surface area (Å²) in [7, 11) is 2.69. The van der Waals surface area contributed by atoms with Crippen LogP contribution >= 0.6 is 23.2 Å². The molecule has 0 aromatic carbocycles. The van der Waals surface area contributed by atoms with Crippen LogP contribution in [-0.2, 0) is 52.1 Å². The minimum atomic E-state index is -0.362. The maximum Gasteiger partial charge on any atom is 2.00 e. The molecule has 0 spiro atoms. The van der Waals surface area contributed by atoms with Gasteiger partial charge >= 0.3 is 29.0 Å². The van der Waals surface area contributed by atoms with E-state index in [0.717, 1.165) is 22.3 Å². The van der Waals surface area contributed by atoms with Gasteiger partial charge in [-0.05, 0) is 75.0 Å². The number of aryl methyl sites for hydroxylation is 3. The Morgan fingerprint density at radius 2 is 1.20 bits per heavy atom. The quantitative estimate of drug-likeness (QED) is 0.0898. The predicted molar refractivity (Wildman–Crippen MR) is 195 cm³/mol. The number of fused-ring (bicyclic) bond motifs is 8. The molecule has 13 heteroatoms. The maximum absolute atomic E-state index is 12.2. The number of nitrogens with zero attached hydrogens (tertiary/aromatic N) is 4. The summed E-state index contributed by atoms with van der Waals surface area (Å²) in [6, 6.07) is 7.25. The Bertz CT molecular complexity index is 2240. The molecule has 8 bridgehead atoms. The molecule has 0 N–H and O–H groups in total. The third kappa shape index (κ3) is 8.02. The Labute approximate surface area is 315 Å². The Hall–Kier alpha value is -4.54. The number of halogens is 2. The number of allylic oxidation sites excluding steroid dienone is 7. The molecule has 0 saturated carbocycles. The Balaban J connectivity index is 0.00000583. The number of ether oxygens (including phenoxy) is 2. The van der Waals surface area contributed by atoms with Crippen molar-refractivity contribution in [2.24, 2.45) is 0 Å². The molecular weight excluding hydrogens is 743 g/mol. The summed E-state index contributed by atoms with van der Waals surface area (Å²) >= 11 is 13.3. The minimum absolute atomic E-state index is 0. The van der Waals surface area contributed by atoms with Crippen LogP contribution in [0.1, 0.15) is 78.1 Å². The number of aldehydes is 2. The van der Waals surface area contributed by atoms with Gasteiger partial charge in [0.05, 0.1) is 47.1 Å². The second-order valence-corrected chi connectivity index (χ2v) is 12.6. The van der Waals surface area contributed by atoms with Gasteiger partial charge in [-0.25, -0.2) is 9.97 Å². The zero-order valence-electron chi connectivity index (χ0n) is 28.7. The molecule has 0 atom stereocenters. The van der Waals surface area contributed by atoms with Crippen molar-refractivity contribution in [2.75, 3.05) is 14.2 Å². The first-order chi connectivity index (χ1) is 23.9. The van der Waals surface area contributed by atoms with Crippen LogP contribution in [0.5, 0.6) is 0 Å². The third-order valence-electron chi connectivity index (χ3n) is 8.90. The fourth-order valence-electron chi connectivity index (χ4n) is 6.14. The van der Waals surface area contributed by atoms with E-state index in [1.807, 2.05) is 39.8 Å². The van der Waals surface area contributed by atoms with Gasteiger partial charge in [-0.2, -0.15) is 0 Å². The molecule has 0 amide bonds. The van der Waals surface area contributed by atoms with Gasteiger partial charge in [-0.3, -0.25) is 19.2 Å². The number of rotatable bonds is 10. The summed E-state index contributed by atoms with van der Waals surface area (Å²) in [4.78, 5) is 67.3. The van der Waals surface area contributed by atoms with E-state index in [0.29, 0.717) is 92.5 Å². The number of carbonyl (C=O) groups excluding carboxylic acids is 4. The van der Waals surface area contributed by atoms with E-state index in [9.17, 15) is 19.2 Å². The van der Waals surface area contributed by atoms with Gasteiger partial charge in [0.15, 0.2) is 0 Å². The summed E-state index contributed by atoms with van der Waals surface area (Å²) in [5.41, 5.74) is 10.2. The predicted octanol–water partition coefficient (Wildman–Crippen LogP) is 7.21. The molecule has 267 valence electrons. The molecule has 2 aliphatic rings. The first-order valence-electron chi connectivity index (χ1n) is 15.7. The largest absolute Gasteiger partial charge is 2.00 e. The van der Waals surface area contributed by atoms with E-state index in [2.05, 4.69) is 0 Å². The summed E-state index contributed by atoms with van der Waals surface area (Å²) in [5.74, 6) is -0.720. The molecule has 2 aliphatic heterocycles. The fraction of sp³-hybridized carbons (Fsp3) is 0.263. The number of hydrogen-bond donors (Lipinski definition) is 0. The minimum Gasteiger partial charge on any atom is -0.657 e. The second kappa shape index (κ2) is 16.7. The first kappa shape index (κ1) is 39.2. The smallest absolute Gasteiger partial charge is 0.657 e. The average Bonchev–Trinajstić information content (AvgIpc) is 3.75. The van der Waals surface area contributed by atoms with Crippen LogP contribution in [0.2, 0.25) is 0 Å². The SMILES string of the molecule is COC(=O)CCC1=C(C)c2cc3[n-]c(cc4nc(cc5[n-]c(cc1n2)c(CCC(=O)OC)c5C)C(/C(Cl)=C\C=O)=C4C)c(/C(Cl)=C\C=O)c3C.[Cu+2]. The number of hydrogen-bond acceptors (Lipinski definition) is 8. The van der Waals surface area contributed by atoms with Crippen molar-refractivity contribution in [3.05, 3.63) is 86.5 Å². The maximum atomic E-state index is 12.2. The van der Waals surface area contributed by atoms with Crippen LogP contribution in [0, 0.1) is 13.8 Å². The average molecular weight is 777 g/mol. The Morgan fingerprint density at radius 1 is 0.686 bits per heavy atom. The summed E-state index contributed by atoms with van der Waals surface area (Å²) in [6.07, 6.45) is 4.71. The zero-order valence-corrected chi connectivity index (χ0v) is 31.2. The molecular formula is C38H34Cl2CuN4O6. The number of aromatic nitrogens is 4. The molecule has 0 unspecified atom stereocenters. The van der Waals surface area contributed by atoms with Crippen molar-refractivity contribution in [3.8, 4) is 0 Å². The standard InChI is InChI=1S/C38H35Cl2N4O6.Cu/c1-19-23(7-9-35(47)49-5)31-18-32-24(8-10-36(48)50-6)20(2)28(42-32)16-33-38(26(40)12-14-46)22(4)30(44-33)17-34-37(25(39)11-13-45)21(3)29(43-34)15-27(19)41-31;/h11-18H,7-10H2,1-6H3,(H-,41,42,43,44,45,46);/q-1;+2/p-1. The van der Waals surface area contributed by atoms with Crippen LogP contribution in [0.15, 0.2) is 41.4 Å². The van der Waals surface area contributed by atoms with Crippen LogP contribution < -0.4 is 9.97 Å². The van der Waals surface area contributed by atoms with Crippen LogP contribution in [0.4, 0.5) is 0 Å². The summed E-state index contributed by atoms with van der Waals surface area (Å²) in [5, 5.41) is 0.390. The van der Waals surface area contributed by atoms with Gasteiger partial charge in [0.25, 0.3) is 0 Å². The normalized spacial score (nSPS) is 13.3. The van der Waals surface area contributed by atoms with Gasteiger partial charge in [0, 0.05) is 18.4 Å². The van der Waals surface area contributed by atoms with E-state index >= 15 is 0 Å². The topological polar surface area (TPSA) is 141 Å². The first-order valence-corrected chi connectivity index (χ1v) is 16.5. The molecule has 3 aromatic rings. The van der Waals surface area contributed by atoms with E-state index < -0.39 is 0 Å². The van der Waals surface area contributed by atoms with Crippen molar-refractivity contribution in [1.29, 1.82) is 0 Å². The van der Waals surface area contributed by atoms with E-state index in [1.165, 1.54) is 26.4 Å². The fourth-order valence-corrected chi connectivity index (χ4v) is 6.72. The monoisotopic (exact) mass is 775 g/mol. The van der Waals surface area contributed by atoms with Crippen molar-refractivity contribution in [3.63, 3.8) is 0 Å². The van der Waals surface area contributed by atoms with Gasteiger partial charge in [-0.1, -0.05) is 64.2 Å². The number of methoxy groups -OCH3 is 2. The van der Waals surface area contributed by atoms with Crippen molar-refractivity contribution < 1.29 is 45.7 Å². The molecule has 0 aliphatic carbocycles. The van der Waals surface area contributed by atoms with E-state index in [-0.39, 0.29) is 51.9 Å². The van der Waals surface area contributed by atoms with Gasteiger partial charge in [0.1, 0.15) is 12.6 Å². The zero-order chi connectivity index (χ0) is 36.3. The van der Waals surface area contributed by atoms with E-state index in [4.69, 9.17) is 52.6 Å². The second-order valence-electron chi connectivity index (χ2n) is 11.8. The summed E-state index contributed by atoms with van der Waals surface area (Å²) < 4.78 is 9.85. The van der Waals surface area contributed by atoms with Crippen LogP contribution in [0.3, 0.4) is 0 Å². The van der Waals surface area contributed by atoms with Crippen LogP contribution in [-0.4, -0.2) is 48.7 Å². The number of esters is 2. The van der Waals surface area contributed by atoms with Crippen LogP contribution in [0.25, 0.3) is 49.4 Å². The Kier molecular flexibility index (Phi) is 12.8. The molecule has 0 saturated heterocycles. The molecule has 5 heterocycles. The van der Waals surface area contributed by atoms with Crippen molar-refractivity contribution in [1.82, 2.24) is 19.9 Å². The molecule has 0 fully saturated rings. The molecule has 1 radical (unpaired) electrons. The molecule has 5 rings (SSSR count).